The number of benzene rings is 2. The molecule has 0 aliphatic rings. The van der Waals surface area contributed by atoms with Gasteiger partial charge in [0, 0.05) is 29.8 Å². The number of anilines is 1. The molecule has 0 aliphatic heterocycles. The summed E-state index contributed by atoms with van der Waals surface area (Å²) in [7, 11) is 0. The summed E-state index contributed by atoms with van der Waals surface area (Å²) < 4.78 is 11.0. The van der Waals surface area contributed by atoms with Crippen molar-refractivity contribution in [1.82, 2.24) is 4.90 Å². The molecule has 1 N–H and O–H groups in total. The average molecular weight is 451 g/mol. The van der Waals surface area contributed by atoms with Gasteiger partial charge in [-0.15, -0.1) is 0 Å². The molecule has 0 bridgehead atoms. The average Bonchev–Trinajstić information content (AvgIpc) is 2.78. The summed E-state index contributed by atoms with van der Waals surface area (Å²) in [6.07, 6.45) is 2.40. The fourth-order valence-electron chi connectivity index (χ4n) is 3.65. The summed E-state index contributed by atoms with van der Waals surface area (Å²) in [5.41, 5.74) is 2.63. The summed E-state index contributed by atoms with van der Waals surface area (Å²) in [5, 5.41) is 3.71. The minimum atomic E-state index is -0.409. The third-order valence-electron chi connectivity index (χ3n) is 5.28. The van der Waals surface area contributed by atoms with E-state index in [4.69, 9.17) is 9.15 Å². The third-order valence-corrected chi connectivity index (χ3v) is 5.28. The molecule has 3 aromatic rings. The fraction of sp³-hybridized carbons (Fsp3) is 0.346. The number of ether oxygens (including phenoxy) is 1. The van der Waals surface area contributed by atoms with Crippen molar-refractivity contribution in [2.24, 2.45) is 0 Å². The van der Waals surface area contributed by atoms with Crippen LogP contribution in [0.15, 0.2) is 57.7 Å². The second kappa shape index (κ2) is 11.3. The second-order valence-corrected chi connectivity index (χ2v) is 7.97. The van der Waals surface area contributed by atoms with Crippen molar-refractivity contribution in [3.8, 4) is 5.75 Å². The number of carbonyl (C=O) groups is 2. The Labute approximate surface area is 193 Å². The Bertz CT molecular complexity index is 1180. The van der Waals surface area contributed by atoms with Gasteiger partial charge in [-0.1, -0.05) is 38.5 Å². The predicted octanol–water partition coefficient (Wildman–Crippen LogP) is 4.31. The van der Waals surface area contributed by atoms with Crippen LogP contribution < -0.4 is 15.7 Å². The Balaban J connectivity index is 1.65. The van der Waals surface area contributed by atoms with Crippen molar-refractivity contribution in [2.75, 3.05) is 25.0 Å². The van der Waals surface area contributed by atoms with Crippen LogP contribution in [0.3, 0.4) is 0 Å². The SMILES string of the molecule is CCCc1cc(=O)oc2cc(OCC(=O)N(CCC)CC(=O)Nc3ccccc3C)ccc12. The van der Waals surface area contributed by atoms with Crippen LogP contribution >= 0.6 is 0 Å². The summed E-state index contributed by atoms with van der Waals surface area (Å²) >= 11 is 0. The molecule has 2 amide bonds. The Morgan fingerprint density at radius 2 is 1.85 bits per heavy atom. The van der Waals surface area contributed by atoms with Crippen LogP contribution in [0.4, 0.5) is 5.69 Å². The number of para-hydroxylation sites is 1. The molecule has 7 nitrogen and oxygen atoms in total. The molecule has 1 heterocycles. The van der Waals surface area contributed by atoms with Gasteiger partial charge in [-0.25, -0.2) is 4.79 Å². The van der Waals surface area contributed by atoms with Crippen molar-refractivity contribution < 1.29 is 18.7 Å². The molecule has 0 saturated heterocycles. The molecular weight excluding hydrogens is 420 g/mol. The van der Waals surface area contributed by atoms with Gasteiger partial charge in [0.1, 0.15) is 11.3 Å². The Morgan fingerprint density at radius 1 is 1.06 bits per heavy atom. The van der Waals surface area contributed by atoms with Crippen LogP contribution in [0.25, 0.3) is 11.0 Å². The lowest BCUT2D eigenvalue weighted by atomic mass is 10.1. The van der Waals surface area contributed by atoms with Crippen molar-refractivity contribution >= 4 is 28.5 Å². The van der Waals surface area contributed by atoms with Gasteiger partial charge in [0.15, 0.2) is 6.61 Å². The maximum Gasteiger partial charge on any atom is 0.336 e. The first-order valence-corrected chi connectivity index (χ1v) is 11.2. The minimum absolute atomic E-state index is 0.0582. The van der Waals surface area contributed by atoms with Gasteiger partial charge in [0.05, 0.1) is 6.54 Å². The number of hydrogen-bond acceptors (Lipinski definition) is 5. The molecule has 174 valence electrons. The Hall–Kier alpha value is -3.61. The maximum atomic E-state index is 12.8. The van der Waals surface area contributed by atoms with E-state index in [0.717, 1.165) is 35.0 Å². The lowest BCUT2D eigenvalue weighted by Gasteiger charge is -2.22. The maximum absolute atomic E-state index is 12.8. The number of amides is 2. The van der Waals surface area contributed by atoms with Crippen LogP contribution in [0.5, 0.6) is 5.75 Å². The van der Waals surface area contributed by atoms with E-state index in [-0.39, 0.29) is 25.0 Å². The molecule has 33 heavy (non-hydrogen) atoms. The van der Waals surface area contributed by atoms with Crippen LogP contribution in [0.1, 0.15) is 37.8 Å². The van der Waals surface area contributed by atoms with Crippen molar-refractivity contribution in [2.45, 2.75) is 40.0 Å². The third kappa shape index (κ3) is 6.44. The van der Waals surface area contributed by atoms with E-state index in [1.807, 2.05) is 51.1 Å². The molecule has 0 aliphatic carbocycles. The van der Waals surface area contributed by atoms with Gasteiger partial charge in [-0.05, 0) is 49.1 Å². The standard InChI is InChI=1S/C26H30N2O5/c1-4-8-19-14-26(31)33-23-15-20(11-12-21(19)23)32-17-25(30)28(13-5-2)16-24(29)27-22-10-7-6-9-18(22)3/h6-7,9-12,14-15H,4-5,8,13,16-17H2,1-3H3,(H,27,29). The molecule has 0 fully saturated rings. The summed E-state index contributed by atoms with van der Waals surface area (Å²) in [6, 6.07) is 14.2. The molecule has 7 heteroatoms. The first-order chi connectivity index (χ1) is 15.9. The first-order valence-electron chi connectivity index (χ1n) is 11.2. The number of rotatable bonds is 10. The normalized spacial score (nSPS) is 10.8. The second-order valence-electron chi connectivity index (χ2n) is 7.97. The topological polar surface area (TPSA) is 88.8 Å². The Kier molecular flexibility index (Phi) is 8.24. The van der Waals surface area contributed by atoms with Gasteiger partial charge in [0.2, 0.25) is 5.91 Å². The minimum Gasteiger partial charge on any atom is -0.484 e. The van der Waals surface area contributed by atoms with Crippen LogP contribution in [-0.4, -0.2) is 36.4 Å². The summed E-state index contributed by atoms with van der Waals surface area (Å²) in [6.45, 7) is 6.07. The van der Waals surface area contributed by atoms with E-state index in [9.17, 15) is 14.4 Å². The smallest absolute Gasteiger partial charge is 0.336 e. The quantitative estimate of drug-likeness (QED) is 0.465. The highest BCUT2D eigenvalue weighted by Crippen LogP contribution is 2.23. The lowest BCUT2D eigenvalue weighted by molar-refractivity contribution is -0.136. The Morgan fingerprint density at radius 3 is 2.58 bits per heavy atom. The molecular formula is C26H30N2O5. The predicted molar refractivity (Wildman–Crippen MR) is 129 cm³/mol. The van der Waals surface area contributed by atoms with Crippen molar-refractivity contribution in [1.29, 1.82) is 0 Å². The van der Waals surface area contributed by atoms with Crippen molar-refractivity contribution in [3.63, 3.8) is 0 Å². The van der Waals surface area contributed by atoms with Gasteiger partial charge < -0.3 is 19.4 Å². The molecule has 1 aromatic heterocycles. The monoisotopic (exact) mass is 450 g/mol. The molecule has 0 atom stereocenters. The van der Waals surface area contributed by atoms with Gasteiger partial charge in [-0.2, -0.15) is 0 Å². The first kappa shape index (κ1) is 24.0. The van der Waals surface area contributed by atoms with E-state index in [1.165, 1.54) is 11.0 Å². The van der Waals surface area contributed by atoms with E-state index in [0.29, 0.717) is 24.3 Å². The zero-order chi connectivity index (χ0) is 23.8. The van der Waals surface area contributed by atoms with E-state index >= 15 is 0 Å². The number of hydrogen-bond donors (Lipinski definition) is 1. The molecule has 2 aromatic carbocycles. The number of aryl methyl sites for hydroxylation is 2. The van der Waals surface area contributed by atoms with Crippen LogP contribution in [0, 0.1) is 6.92 Å². The highest BCUT2D eigenvalue weighted by molar-refractivity contribution is 5.95. The van der Waals surface area contributed by atoms with E-state index in [1.54, 1.807) is 12.1 Å². The summed E-state index contributed by atoms with van der Waals surface area (Å²) in [5.74, 6) is -0.131. The van der Waals surface area contributed by atoms with E-state index < -0.39 is 5.63 Å². The molecule has 0 radical (unpaired) electrons. The zero-order valence-corrected chi connectivity index (χ0v) is 19.3. The number of nitrogens with one attached hydrogen (secondary N) is 1. The van der Waals surface area contributed by atoms with Gasteiger partial charge in [0.25, 0.3) is 5.91 Å². The van der Waals surface area contributed by atoms with Crippen LogP contribution in [-0.2, 0) is 16.0 Å². The molecule has 0 spiro atoms. The molecule has 3 rings (SSSR count). The highest BCUT2D eigenvalue weighted by Gasteiger charge is 2.18. The largest absolute Gasteiger partial charge is 0.484 e. The van der Waals surface area contributed by atoms with Crippen molar-refractivity contribution in [3.05, 3.63) is 70.1 Å². The number of carbonyl (C=O) groups excluding carboxylic acids is 2. The lowest BCUT2D eigenvalue weighted by Crippen LogP contribution is -2.41. The number of nitrogens with zero attached hydrogens (tertiary/aromatic N) is 1. The summed E-state index contributed by atoms with van der Waals surface area (Å²) in [4.78, 5) is 38.6. The number of fused-ring (bicyclic) bond motifs is 1. The van der Waals surface area contributed by atoms with E-state index in [2.05, 4.69) is 5.32 Å². The molecule has 0 saturated carbocycles. The van der Waals surface area contributed by atoms with Crippen LogP contribution in [0.2, 0.25) is 0 Å². The fourth-order valence-corrected chi connectivity index (χ4v) is 3.65. The zero-order valence-electron chi connectivity index (χ0n) is 19.3. The highest BCUT2D eigenvalue weighted by atomic mass is 16.5. The van der Waals surface area contributed by atoms with Gasteiger partial charge >= 0.3 is 5.63 Å². The molecule has 0 unspecified atom stereocenters. The van der Waals surface area contributed by atoms with Gasteiger partial charge in [-0.3, -0.25) is 9.59 Å².